The van der Waals surface area contributed by atoms with Gasteiger partial charge in [-0.05, 0) is 31.0 Å². The summed E-state index contributed by atoms with van der Waals surface area (Å²) in [5, 5.41) is 0.617. The van der Waals surface area contributed by atoms with Gasteiger partial charge in [0.15, 0.2) is 5.65 Å². The van der Waals surface area contributed by atoms with Crippen LogP contribution in [0.5, 0.6) is 5.75 Å². The van der Waals surface area contributed by atoms with Crippen LogP contribution in [-0.4, -0.2) is 44.5 Å². The number of nitrogens with zero attached hydrogens (tertiary/aromatic N) is 4. The molecule has 2 aromatic heterocycles. The van der Waals surface area contributed by atoms with Crippen LogP contribution >= 0.6 is 11.6 Å². The minimum absolute atomic E-state index is 0.00608. The molecule has 0 N–H and O–H groups in total. The molecule has 0 radical (unpaired) electrons. The molecule has 1 saturated heterocycles. The maximum Gasteiger partial charge on any atom is 0.255 e. The number of piperidine rings is 1. The Kier molecular flexibility index (Phi) is 4.43. The summed E-state index contributed by atoms with van der Waals surface area (Å²) >= 11 is 6.17. The number of hydrogen-bond donors (Lipinski definition) is 0. The average molecular weight is 397 g/mol. The number of aromatic nitrogens is 3. The number of rotatable bonds is 4. The van der Waals surface area contributed by atoms with Crippen LogP contribution in [0.3, 0.4) is 0 Å². The molecule has 1 aromatic carbocycles. The summed E-state index contributed by atoms with van der Waals surface area (Å²) in [6.07, 6.45) is 7.50. The standard InChI is InChI=1S/C21H21ClN4O2/c22-17-3-1-2-4-19(17)28-16-7-9-25(10-8-16)21(27)14-11-18-20(23-12-14)26(13-24-18)15-5-6-15/h1-4,11-13,15-16H,5-10H2. The fourth-order valence-corrected chi connectivity index (χ4v) is 3.92. The second-order valence-electron chi connectivity index (χ2n) is 7.49. The van der Waals surface area contributed by atoms with E-state index in [4.69, 9.17) is 16.3 Å². The maximum atomic E-state index is 12.9. The highest BCUT2D eigenvalue weighted by molar-refractivity contribution is 6.32. The van der Waals surface area contributed by atoms with Gasteiger partial charge in [-0.1, -0.05) is 23.7 Å². The van der Waals surface area contributed by atoms with E-state index in [2.05, 4.69) is 14.5 Å². The molecule has 7 heteroatoms. The molecule has 28 heavy (non-hydrogen) atoms. The lowest BCUT2D eigenvalue weighted by Crippen LogP contribution is -2.41. The van der Waals surface area contributed by atoms with Gasteiger partial charge < -0.3 is 14.2 Å². The summed E-state index contributed by atoms with van der Waals surface area (Å²) in [7, 11) is 0. The fraction of sp³-hybridized carbons (Fsp3) is 0.381. The van der Waals surface area contributed by atoms with Crippen LogP contribution in [0.25, 0.3) is 11.2 Å². The summed E-state index contributed by atoms with van der Waals surface area (Å²) in [5.41, 5.74) is 2.25. The molecule has 1 aliphatic carbocycles. The van der Waals surface area contributed by atoms with Crippen molar-refractivity contribution in [2.75, 3.05) is 13.1 Å². The number of carbonyl (C=O) groups is 1. The SMILES string of the molecule is O=C(c1cnc2c(c1)ncn2C1CC1)N1CCC(Oc2ccccc2Cl)CC1. The van der Waals surface area contributed by atoms with Crippen molar-refractivity contribution in [3.63, 3.8) is 0 Å². The Balaban J connectivity index is 1.24. The third kappa shape index (κ3) is 3.33. The number of para-hydroxylation sites is 1. The summed E-state index contributed by atoms with van der Waals surface area (Å²) in [6, 6.07) is 9.87. The van der Waals surface area contributed by atoms with Gasteiger partial charge in [-0.2, -0.15) is 0 Å². The average Bonchev–Trinajstić information content (AvgIpc) is 3.48. The zero-order chi connectivity index (χ0) is 19.1. The Morgan fingerprint density at radius 3 is 2.64 bits per heavy atom. The molecule has 6 nitrogen and oxygen atoms in total. The van der Waals surface area contributed by atoms with Crippen LogP contribution < -0.4 is 4.74 Å². The topological polar surface area (TPSA) is 60.2 Å². The van der Waals surface area contributed by atoms with Crippen LogP contribution in [0.15, 0.2) is 42.9 Å². The number of pyridine rings is 1. The molecule has 0 unspecified atom stereocenters. The highest BCUT2D eigenvalue weighted by atomic mass is 35.5. The third-order valence-electron chi connectivity index (χ3n) is 5.46. The van der Waals surface area contributed by atoms with E-state index in [1.165, 1.54) is 12.8 Å². The minimum atomic E-state index is 0.00608. The van der Waals surface area contributed by atoms with Crippen molar-refractivity contribution in [1.82, 2.24) is 19.4 Å². The normalized spacial score (nSPS) is 17.8. The Labute approximate surface area is 168 Å². The number of ether oxygens (including phenoxy) is 1. The van der Waals surface area contributed by atoms with Gasteiger partial charge in [-0.15, -0.1) is 0 Å². The first-order valence-corrected chi connectivity index (χ1v) is 10.1. The van der Waals surface area contributed by atoms with Gasteiger partial charge in [0.05, 0.1) is 16.9 Å². The predicted molar refractivity (Wildman–Crippen MR) is 107 cm³/mol. The molecule has 1 saturated carbocycles. The van der Waals surface area contributed by atoms with Gasteiger partial charge in [0.2, 0.25) is 0 Å². The maximum absolute atomic E-state index is 12.9. The Hall–Kier alpha value is -2.60. The second kappa shape index (κ2) is 7.09. The van der Waals surface area contributed by atoms with Crippen molar-refractivity contribution in [3.8, 4) is 5.75 Å². The van der Waals surface area contributed by atoms with E-state index in [1.54, 1.807) is 6.20 Å². The summed E-state index contributed by atoms with van der Waals surface area (Å²) in [5.74, 6) is 0.710. The fourth-order valence-electron chi connectivity index (χ4n) is 3.74. The number of halogens is 1. The molecular formula is C21H21ClN4O2. The first-order valence-electron chi connectivity index (χ1n) is 9.72. The molecular weight excluding hydrogens is 376 g/mol. The second-order valence-corrected chi connectivity index (χ2v) is 7.90. The zero-order valence-corrected chi connectivity index (χ0v) is 16.2. The first-order chi connectivity index (χ1) is 13.7. The predicted octanol–water partition coefficient (Wildman–Crippen LogP) is 4.10. The molecule has 0 spiro atoms. The number of amides is 1. The lowest BCUT2D eigenvalue weighted by Gasteiger charge is -2.32. The van der Waals surface area contributed by atoms with E-state index >= 15 is 0 Å². The van der Waals surface area contributed by atoms with Gasteiger partial charge in [-0.3, -0.25) is 4.79 Å². The van der Waals surface area contributed by atoms with Crippen LogP contribution in [-0.2, 0) is 0 Å². The quantitative estimate of drug-likeness (QED) is 0.666. The molecule has 0 bridgehead atoms. The Bertz CT molecular complexity index is 1020. The van der Waals surface area contributed by atoms with E-state index in [0.29, 0.717) is 35.5 Å². The van der Waals surface area contributed by atoms with E-state index in [0.717, 1.165) is 24.0 Å². The van der Waals surface area contributed by atoms with Gasteiger partial charge in [0.25, 0.3) is 5.91 Å². The summed E-state index contributed by atoms with van der Waals surface area (Å²) in [6.45, 7) is 1.31. The largest absolute Gasteiger partial charge is 0.489 e. The van der Waals surface area contributed by atoms with Crippen molar-refractivity contribution in [3.05, 3.63) is 53.4 Å². The van der Waals surface area contributed by atoms with Crippen LogP contribution in [0.1, 0.15) is 42.1 Å². The van der Waals surface area contributed by atoms with Crippen LogP contribution in [0, 0.1) is 0 Å². The smallest absolute Gasteiger partial charge is 0.255 e. The van der Waals surface area contributed by atoms with Crippen molar-refractivity contribution in [2.24, 2.45) is 0 Å². The Morgan fingerprint density at radius 2 is 1.89 bits per heavy atom. The number of hydrogen-bond acceptors (Lipinski definition) is 4. The Morgan fingerprint density at radius 1 is 1.11 bits per heavy atom. The van der Waals surface area contributed by atoms with Crippen LogP contribution in [0.2, 0.25) is 5.02 Å². The van der Waals surface area contributed by atoms with E-state index in [-0.39, 0.29) is 12.0 Å². The molecule has 1 aliphatic heterocycles. The monoisotopic (exact) mass is 396 g/mol. The molecule has 0 atom stereocenters. The number of carbonyl (C=O) groups excluding carboxylic acids is 1. The van der Waals surface area contributed by atoms with Crippen molar-refractivity contribution in [1.29, 1.82) is 0 Å². The third-order valence-corrected chi connectivity index (χ3v) is 5.77. The zero-order valence-electron chi connectivity index (χ0n) is 15.4. The van der Waals surface area contributed by atoms with E-state index in [9.17, 15) is 4.79 Å². The highest BCUT2D eigenvalue weighted by Crippen LogP contribution is 2.36. The lowest BCUT2D eigenvalue weighted by molar-refractivity contribution is 0.0595. The van der Waals surface area contributed by atoms with Gasteiger partial charge in [0.1, 0.15) is 17.4 Å². The molecule has 5 rings (SSSR count). The molecule has 3 heterocycles. The highest BCUT2D eigenvalue weighted by Gasteiger charge is 2.28. The molecule has 3 aromatic rings. The molecule has 144 valence electrons. The molecule has 2 fully saturated rings. The van der Waals surface area contributed by atoms with Crippen LogP contribution in [0.4, 0.5) is 0 Å². The van der Waals surface area contributed by atoms with Crippen molar-refractivity contribution < 1.29 is 9.53 Å². The van der Waals surface area contributed by atoms with E-state index in [1.807, 2.05) is 41.6 Å². The van der Waals surface area contributed by atoms with Gasteiger partial charge in [0, 0.05) is 38.2 Å². The summed E-state index contributed by atoms with van der Waals surface area (Å²) in [4.78, 5) is 23.7. The van der Waals surface area contributed by atoms with Crippen molar-refractivity contribution >= 4 is 28.7 Å². The lowest BCUT2D eigenvalue weighted by atomic mass is 10.1. The number of likely N-dealkylation sites (tertiary alicyclic amines) is 1. The van der Waals surface area contributed by atoms with Gasteiger partial charge >= 0.3 is 0 Å². The van der Waals surface area contributed by atoms with Gasteiger partial charge in [-0.25, -0.2) is 9.97 Å². The van der Waals surface area contributed by atoms with E-state index < -0.39 is 0 Å². The van der Waals surface area contributed by atoms with Crippen molar-refractivity contribution in [2.45, 2.75) is 37.8 Å². The minimum Gasteiger partial charge on any atom is -0.489 e. The molecule has 2 aliphatic rings. The number of benzene rings is 1. The first kappa shape index (κ1) is 17.5. The summed E-state index contributed by atoms with van der Waals surface area (Å²) < 4.78 is 8.13. The number of fused-ring (bicyclic) bond motifs is 1. The molecule has 1 amide bonds. The number of imidazole rings is 1.